The molecule has 26 heavy (non-hydrogen) atoms. The lowest BCUT2D eigenvalue weighted by molar-refractivity contribution is -0.383. The maximum Gasteiger partial charge on any atom is 0.573 e. The van der Waals surface area contributed by atoms with Gasteiger partial charge >= 0.3 is 12.0 Å². The number of aromatic nitrogens is 2. The second kappa shape index (κ2) is 7.02. The summed E-state index contributed by atoms with van der Waals surface area (Å²) in [6.07, 6.45) is -1.73. The van der Waals surface area contributed by atoms with Gasteiger partial charge in [-0.2, -0.15) is 0 Å². The number of benzene rings is 1. The van der Waals surface area contributed by atoms with Crippen LogP contribution in [0.4, 0.5) is 36.2 Å². The van der Waals surface area contributed by atoms with Crippen molar-refractivity contribution in [3.05, 3.63) is 40.7 Å². The van der Waals surface area contributed by atoms with Crippen LogP contribution in [0.2, 0.25) is 0 Å². The molecule has 0 saturated carbocycles. The van der Waals surface area contributed by atoms with Crippen molar-refractivity contribution in [2.75, 3.05) is 23.3 Å². The number of halogens is 3. The molecular weight excluding hydrogens is 355 g/mol. The predicted molar refractivity (Wildman–Crippen MR) is 86.5 cm³/mol. The SMILES string of the molecule is O=[N+]([O-])c1c(Nc2ccc(OC(F)(F)F)cc2)ncnc1N1CCCC1. The molecule has 0 atom stereocenters. The van der Waals surface area contributed by atoms with Crippen molar-refractivity contribution in [2.24, 2.45) is 0 Å². The van der Waals surface area contributed by atoms with E-state index in [4.69, 9.17) is 0 Å². The lowest BCUT2D eigenvalue weighted by Gasteiger charge is -2.17. The number of hydrogen-bond donors (Lipinski definition) is 1. The molecule has 0 bridgehead atoms. The average molecular weight is 369 g/mol. The minimum Gasteiger partial charge on any atom is -0.406 e. The van der Waals surface area contributed by atoms with Gasteiger partial charge in [-0.3, -0.25) is 10.1 Å². The molecule has 1 aliphatic heterocycles. The molecule has 1 aromatic heterocycles. The van der Waals surface area contributed by atoms with Gasteiger partial charge in [0, 0.05) is 18.8 Å². The highest BCUT2D eigenvalue weighted by Gasteiger charge is 2.31. The van der Waals surface area contributed by atoms with Gasteiger partial charge in [-0.05, 0) is 37.1 Å². The summed E-state index contributed by atoms with van der Waals surface area (Å²) in [6, 6.07) is 4.82. The van der Waals surface area contributed by atoms with Crippen LogP contribution in [0, 0.1) is 10.1 Å². The first kappa shape index (κ1) is 17.7. The first-order valence-electron chi connectivity index (χ1n) is 7.70. The van der Waals surface area contributed by atoms with Crippen molar-refractivity contribution in [1.82, 2.24) is 9.97 Å². The standard InChI is InChI=1S/C15H14F3N5O3/c16-15(17,18)26-11-5-3-10(4-6-11)21-13-12(23(24)25)14(20-9-19-13)22-7-1-2-8-22/h3-6,9H,1-2,7-8H2,(H,19,20,21). The van der Waals surface area contributed by atoms with Crippen LogP contribution in [-0.4, -0.2) is 34.3 Å². The van der Waals surface area contributed by atoms with E-state index >= 15 is 0 Å². The molecule has 2 heterocycles. The van der Waals surface area contributed by atoms with E-state index < -0.39 is 17.0 Å². The van der Waals surface area contributed by atoms with Gasteiger partial charge in [0.1, 0.15) is 12.1 Å². The van der Waals surface area contributed by atoms with Gasteiger partial charge in [-0.15, -0.1) is 13.2 Å². The maximum atomic E-state index is 12.2. The largest absolute Gasteiger partial charge is 0.573 e. The first-order valence-corrected chi connectivity index (χ1v) is 7.70. The summed E-state index contributed by atoms with van der Waals surface area (Å²) < 4.78 is 40.4. The van der Waals surface area contributed by atoms with Crippen LogP contribution in [0.15, 0.2) is 30.6 Å². The zero-order chi connectivity index (χ0) is 18.7. The molecule has 0 unspecified atom stereocenters. The molecule has 0 radical (unpaired) electrons. The van der Waals surface area contributed by atoms with Gasteiger partial charge in [0.25, 0.3) is 0 Å². The number of nitrogens with one attached hydrogen (secondary N) is 1. The zero-order valence-electron chi connectivity index (χ0n) is 13.4. The molecule has 1 saturated heterocycles. The second-order valence-electron chi connectivity index (χ2n) is 5.54. The van der Waals surface area contributed by atoms with Gasteiger partial charge in [0.05, 0.1) is 4.92 Å². The fraction of sp³-hybridized carbons (Fsp3) is 0.333. The van der Waals surface area contributed by atoms with Gasteiger partial charge in [-0.1, -0.05) is 0 Å². The second-order valence-corrected chi connectivity index (χ2v) is 5.54. The highest BCUT2D eigenvalue weighted by molar-refractivity contribution is 5.74. The Morgan fingerprint density at radius 1 is 1.15 bits per heavy atom. The molecule has 1 fully saturated rings. The Hall–Kier alpha value is -3.11. The molecule has 138 valence electrons. The Bertz CT molecular complexity index is 792. The van der Waals surface area contributed by atoms with E-state index in [2.05, 4.69) is 20.0 Å². The number of rotatable bonds is 5. The van der Waals surface area contributed by atoms with Crippen molar-refractivity contribution >= 4 is 23.0 Å². The van der Waals surface area contributed by atoms with Crippen molar-refractivity contribution in [2.45, 2.75) is 19.2 Å². The third-order valence-corrected chi connectivity index (χ3v) is 3.74. The van der Waals surface area contributed by atoms with Crippen LogP contribution in [0.25, 0.3) is 0 Å². The van der Waals surface area contributed by atoms with Crippen molar-refractivity contribution in [3.8, 4) is 5.75 Å². The van der Waals surface area contributed by atoms with E-state index in [1.54, 1.807) is 0 Å². The summed E-state index contributed by atoms with van der Waals surface area (Å²) in [7, 11) is 0. The predicted octanol–water partition coefficient (Wildman–Crippen LogP) is 3.63. The Balaban J connectivity index is 1.85. The number of alkyl halides is 3. The summed E-state index contributed by atoms with van der Waals surface area (Å²) in [5.74, 6) is -0.198. The molecule has 0 aliphatic carbocycles. The Labute approximate surface area is 145 Å². The minimum atomic E-state index is -4.79. The number of nitrogens with zero attached hydrogens (tertiary/aromatic N) is 4. The van der Waals surface area contributed by atoms with Crippen LogP contribution in [-0.2, 0) is 0 Å². The number of nitro groups is 1. The normalized spacial score (nSPS) is 14.3. The molecule has 8 nitrogen and oxygen atoms in total. The van der Waals surface area contributed by atoms with Crippen molar-refractivity contribution < 1.29 is 22.8 Å². The van der Waals surface area contributed by atoms with Crippen LogP contribution in [0.3, 0.4) is 0 Å². The molecule has 0 spiro atoms. The Kier molecular flexibility index (Phi) is 4.78. The van der Waals surface area contributed by atoms with Crippen molar-refractivity contribution in [1.29, 1.82) is 0 Å². The average Bonchev–Trinajstić information content (AvgIpc) is 3.09. The molecule has 3 rings (SSSR count). The quantitative estimate of drug-likeness (QED) is 0.635. The third-order valence-electron chi connectivity index (χ3n) is 3.74. The number of anilines is 3. The molecule has 1 aliphatic rings. The molecule has 11 heteroatoms. The van der Waals surface area contributed by atoms with E-state index in [9.17, 15) is 23.3 Å². The smallest absolute Gasteiger partial charge is 0.406 e. The minimum absolute atomic E-state index is 0.0311. The first-order chi connectivity index (χ1) is 12.3. The molecule has 2 aromatic rings. The fourth-order valence-electron chi connectivity index (χ4n) is 2.67. The fourth-order valence-corrected chi connectivity index (χ4v) is 2.67. The topological polar surface area (TPSA) is 93.4 Å². The summed E-state index contributed by atoms with van der Waals surface area (Å²) in [4.78, 5) is 20.7. The van der Waals surface area contributed by atoms with E-state index in [0.29, 0.717) is 18.8 Å². The monoisotopic (exact) mass is 369 g/mol. The summed E-state index contributed by atoms with van der Waals surface area (Å²) in [6.45, 7) is 1.33. The highest BCUT2D eigenvalue weighted by Crippen LogP contribution is 2.35. The van der Waals surface area contributed by atoms with Gasteiger partial charge < -0.3 is 15.0 Å². The van der Waals surface area contributed by atoms with Crippen molar-refractivity contribution in [3.63, 3.8) is 0 Å². The molecular formula is C15H14F3N5O3. The third kappa shape index (κ3) is 4.10. The Morgan fingerprint density at radius 3 is 2.38 bits per heavy atom. The number of ether oxygens (including phenoxy) is 1. The van der Waals surface area contributed by atoms with Gasteiger partial charge in [-0.25, -0.2) is 9.97 Å². The molecule has 1 aromatic carbocycles. The van der Waals surface area contributed by atoms with E-state index in [-0.39, 0.29) is 17.3 Å². The summed E-state index contributed by atoms with van der Waals surface area (Å²) in [5.41, 5.74) is 0.0544. The number of hydrogen-bond acceptors (Lipinski definition) is 7. The van der Waals surface area contributed by atoms with E-state index in [0.717, 1.165) is 25.0 Å². The lowest BCUT2D eigenvalue weighted by Crippen LogP contribution is -2.21. The maximum absolute atomic E-state index is 12.2. The zero-order valence-corrected chi connectivity index (χ0v) is 13.4. The van der Waals surface area contributed by atoms with E-state index in [1.165, 1.54) is 18.5 Å². The Morgan fingerprint density at radius 2 is 1.81 bits per heavy atom. The molecule has 0 amide bonds. The summed E-state index contributed by atoms with van der Waals surface area (Å²) in [5, 5.41) is 14.3. The van der Waals surface area contributed by atoms with Gasteiger partial charge in [0.2, 0.25) is 11.6 Å². The van der Waals surface area contributed by atoms with Crippen LogP contribution in [0.1, 0.15) is 12.8 Å². The van der Waals surface area contributed by atoms with Crippen LogP contribution >= 0.6 is 0 Å². The van der Waals surface area contributed by atoms with E-state index in [1.807, 2.05) is 4.90 Å². The van der Waals surface area contributed by atoms with Crippen LogP contribution in [0.5, 0.6) is 5.75 Å². The van der Waals surface area contributed by atoms with Crippen LogP contribution < -0.4 is 15.0 Å². The summed E-state index contributed by atoms with van der Waals surface area (Å²) >= 11 is 0. The highest BCUT2D eigenvalue weighted by atomic mass is 19.4. The molecule has 1 N–H and O–H groups in total. The van der Waals surface area contributed by atoms with Gasteiger partial charge in [0.15, 0.2) is 0 Å². The lowest BCUT2D eigenvalue weighted by atomic mass is 10.3.